The fraction of sp³-hybridized carbons (Fsp3) is 0.435. The van der Waals surface area contributed by atoms with E-state index in [1.807, 2.05) is 13.8 Å². The highest BCUT2D eigenvalue weighted by Gasteiger charge is 2.28. The number of sulfonamides is 1. The van der Waals surface area contributed by atoms with Crippen LogP contribution in [0.15, 0.2) is 35.2 Å². The molecule has 0 saturated carbocycles. The molecule has 1 heterocycles. The van der Waals surface area contributed by atoms with Gasteiger partial charge in [-0.2, -0.15) is 4.31 Å². The summed E-state index contributed by atoms with van der Waals surface area (Å²) in [5, 5.41) is 0. The summed E-state index contributed by atoms with van der Waals surface area (Å²) in [6, 6.07) is 8.24. The first-order valence-corrected chi connectivity index (χ1v) is 12.0. The van der Waals surface area contributed by atoms with Crippen LogP contribution in [0.25, 0.3) is 0 Å². The Kier molecular flexibility index (Phi) is 7.30. The highest BCUT2D eigenvalue weighted by Crippen LogP contribution is 2.39. The molecule has 9 heteroatoms. The number of benzene rings is 2. The monoisotopic (exact) mass is 462 g/mol. The number of ether oxygens (including phenoxy) is 3. The topological polar surface area (TPSA) is 85.4 Å². The molecule has 0 N–H and O–H groups in total. The molecule has 0 aromatic heterocycles. The van der Waals surface area contributed by atoms with Crippen molar-refractivity contribution < 1.29 is 27.4 Å². The van der Waals surface area contributed by atoms with E-state index in [9.17, 15) is 13.2 Å². The second-order valence-electron chi connectivity index (χ2n) is 7.35. The predicted octanol–water partition coefficient (Wildman–Crippen LogP) is 3.34. The lowest BCUT2D eigenvalue weighted by Gasteiger charge is -2.30. The van der Waals surface area contributed by atoms with E-state index in [0.717, 1.165) is 12.0 Å². The molecular weight excluding hydrogens is 432 g/mol. The first kappa shape index (κ1) is 23.9. The summed E-state index contributed by atoms with van der Waals surface area (Å²) in [6.45, 7) is 4.97. The summed E-state index contributed by atoms with van der Waals surface area (Å²) in [6.07, 6.45) is 1.44. The van der Waals surface area contributed by atoms with Crippen molar-refractivity contribution in [2.24, 2.45) is 0 Å². The Bertz CT molecular complexity index is 1070. The standard InChI is InChI=1S/C23H30N2O6S/c1-6-24(7-2)32(27,28)18-10-11-19-16(13-18)9-8-12-25(19)23(26)17-14-20(29-3)22(31-5)21(15-17)30-4/h10-11,13-15H,6-9,12H2,1-5H3. The van der Waals surface area contributed by atoms with Crippen LogP contribution in [-0.4, -0.2) is 59.6 Å². The van der Waals surface area contributed by atoms with Crippen molar-refractivity contribution in [3.8, 4) is 17.2 Å². The molecule has 8 nitrogen and oxygen atoms in total. The maximum atomic E-state index is 13.4. The van der Waals surface area contributed by atoms with Crippen LogP contribution in [0.2, 0.25) is 0 Å². The molecule has 3 rings (SSSR count). The Labute approximate surface area is 189 Å². The van der Waals surface area contributed by atoms with Crippen LogP contribution in [0.5, 0.6) is 17.2 Å². The molecule has 174 valence electrons. The second kappa shape index (κ2) is 9.79. The third kappa shape index (κ3) is 4.27. The van der Waals surface area contributed by atoms with Crippen LogP contribution in [0.4, 0.5) is 5.69 Å². The molecule has 1 aliphatic rings. The van der Waals surface area contributed by atoms with E-state index >= 15 is 0 Å². The zero-order valence-corrected chi connectivity index (χ0v) is 20.0. The molecule has 0 atom stereocenters. The van der Waals surface area contributed by atoms with Gasteiger partial charge in [-0.3, -0.25) is 4.79 Å². The minimum absolute atomic E-state index is 0.218. The predicted molar refractivity (Wildman–Crippen MR) is 123 cm³/mol. The molecule has 0 saturated heterocycles. The average Bonchev–Trinajstić information content (AvgIpc) is 2.82. The van der Waals surface area contributed by atoms with Gasteiger partial charge in [-0.25, -0.2) is 8.42 Å². The molecule has 32 heavy (non-hydrogen) atoms. The third-order valence-corrected chi connectivity index (χ3v) is 7.72. The number of nitrogens with zero attached hydrogens (tertiary/aromatic N) is 2. The molecule has 0 aliphatic carbocycles. The summed E-state index contributed by atoms with van der Waals surface area (Å²) < 4.78 is 43.4. The number of hydrogen-bond acceptors (Lipinski definition) is 6. The zero-order valence-electron chi connectivity index (χ0n) is 19.2. The smallest absolute Gasteiger partial charge is 0.258 e. The Morgan fingerprint density at radius 3 is 2.16 bits per heavy atom. The largest absolute Gasteiger partial charge is 0.493 e. The van der Waals surface area contributed by atoms with Crippen LogP contribution < -0.4 is 19.1 Å². The Morgan fingerprint density at radius 2 is 1.62 bits per heavy atom. The maximum Gasteiger partial charge on any atom is 0.258 e. The Balaban J connectivity index is 2.01. The van der Waals surface area contributed by atoms with Crippen LogP contribution in [-0.2, 0) is 16.4 Å². The first-order chi connectivity index (χ1) is 15.3. The number of rotatable bonds is 8. The summed E-state index contributed by atoms with van der Waals surface area (Å²) in [5.41, 5.74) is 1.95. The van der Waals surface area contributed by atoms with Crippen molar-refractivity contribution in [3.63, 3.8) is 0 Å². The fourth-order valence-corrected chi connectivity index (χ4v) is 5.53. The number of amides is 1. The first-order valence-electron chi connectivity index (χ1n) is 10.6. The van der Waals surface area contributed by atoms with Crippen LogP contribution in [0, 0.1) is 0 Å². The van der Waals surface area contributed by atoms with Gasteiger partial charge in [0.15, 0.2) is 11.5 Å². The van der Waals surface area contributed by atoms with Gasteiger partial charge in [0.2, 0.25) is 15.8 Å². The number of aryl methyl sites for hydroxylation is 1. The molecule has 2 aromatic rings. The fourth-order valence-electron chi connectivity index (χ4n) is 4.02. The molecule has 0 bridgehead atoms. The molecule has 1 aliphatic heterocycles. The summed E-state index contributed by atoms with van der Waals surface area (Å²) in [7, 11) is 0.938. The van der Waals surface area contributed by atoms with Crippen LogP contribution >= 0.6 is 0 Å². The highest BCUT2D eigenvalue weighted by atomic mass is 32.2. The highest BCUT2D eigenvalue weighted by molar-refractivity contribution is 7.89. The van der Waals surface area contributed by atoms with Gasteiger partial charge < -0.3 is 19.1 Å². The summed E-state index contributed by atoms with van der Waals surface area (Å²) in [5.74, 6) is 0.989. The van der Waals surface area contributed by atoms with E-state index in [4.69, 9.17) is 14.2 Å². The average molecular weight is 463 g/mol. The van der Waals surface area contributed by atoms with Crippen molar-refractivity contribution in [1.82, 2.24) is 4.31 Å². The number of anilines is 1. The van der Waals surface area contributed by atoms with E-state index in [-0.39, 0.29) is 10.8 Å². The minimum Gasteiger partial charge on any atom is -0.493 e. The summed E-state index contributed by atoms with van der Waals surface area (Å²) in [4.78, 5) is 15.4. The van der Waals surface area contributed by atoms with Gasteiger partial charge in [0, 0.05) is 30.9 Å². The van der Waals surface area contributed by atoms with E-state index in [1.54, 1.807) is 35.2 Å². The molecule has 0 radical (unpaired) electrons. The third-order valence-electron chi connectivity index (χ3n) is 5.67. The lowest BCUT2D eigenvalue weighted by molar-refractivity contribution is 0.0984. The van der Waals surface area contributed by atoms with E-state index in [1.165, 1.54) is 25.6 Å². The molecule has 0 fully saturated rings. The van der Waals surface area contributed by atoms with Gasteiger partial charge in [0.05, 0.1) is 26.2 Å². The number of fused-ring (bicyclic) bond motifs is 1. The lowest BCUT2D eigenvalue weighted by atomic mass is 10.0. The molecule has 2 aromatic carbocycles. The zero-order chi connectivity index (χ0) is 23.5. The minimum atomic E-state index is -3.57. The second-order valence-corrected chi connectivity index (χ2v) is 9.29. The van der Waals surface area contributed by atoms with Gasteiger partial charge in [0.25, 0.3) is 5.91 Å². The molecule has 0 unspecified atom stereocenters. The SMILES string of the molecule is CCN(CC)S(=O)(=O)c1ccc2c(c1)CCCN2C(=O)c1cc(OC)c(OC)c(OC)c1. The van der Waals surface area contributed by atoms with Gasteiger partial charge >= 0.3 is 0 Å². The molecular formula is C23H30N2O6S. The molecule has 0 spiro atoms. The van der Waals surface area contributed by atoms with E-state index in [2.05, 4.69) is 0 Å². The quantitative estimate of drug-likeness (QED) is 0.598. The van der Waals surface area contributed by atoms with Gasteiger partial charge in [0.1, 0.15) is 0 Å². The van der Waals surface area contributed by atoms with E-state index in [0.29, 0.717) is 54.6 Å². The number of carbonyl (C=O) groups excluding carboxylic acids is 1. The number of hydrogen-bond donors (Lipinski definition) is 0. The number of methoxy groups -OCH3 is 3. The normalized spacial score (nSPS) is 13.6. The van der Waals surface area contributed by atoms with Crippen molar-refractivity contribution in [2.75, 3.05) is 45.9 Å². The van der Waals surface area contributed by atoms with Crippen molar-refractivity contribution in [1.29, 1.82) is 0 Å². The van der Waals surface area contributed by atoms with E-state index < -0.39 is 10.0 Å². The maximum absolute atomic E-state index is 13.4. The van der Waals surface area contributed by atoms with Gasteiger partial charge in [-0.1, -0.05) is 13.8 Å². The Hall–Kier alpha value is -2.78. The van der Waals surface area contributed by atoms with Crippen molar-refractivity contribution >= 4 is 21.6 Å². The number of carbonyl (C=O) groups is 1. The Morgan fingerprint density at radius 1 is 1.00 bits per heavy atom. The van der Waals surface area contributed by atoms with Crippen molar-refractivity contribution in [2.45, 2.75) is 31.6 Å². The van der Waals surface area contributed by atoms with Crippen molar-refractivity contribution in [3.05, 3.63) is 41.5 Å². The van der Waals surface area contributed by atoms with Crippen LogP contribution in [0.3, 0.4) is 0 Å². The van der Waals surface area contributed by atoms with Gasteiger partial charge in [-0.15, -0.1) is 0 Å². The summed E-state index contributed by atoms with van der Waals surface area (Å²) >= 11 is 0. The lowest BCUT2D eigenvalue weighted by Crippen LogP contribution is -2.36. The van der Waals surface area contributed by atoms with Gasteiger partial charge in [-0.05, 0) is 48.7 Å². The molecule has 1 amide bonds. The van der Waals surface area contributed by atoms with Crippen LogP contribution in [0.1, 0.15) is 36.2 Å².